The number of likely N-dealkylation sites (N-methyl/N-ethyl adjacent to an activating group) is 1. The average molecular weight is 387 g/mol. The molecule has 7 nitrogen and oxygen atoms in total. The van der Waals surface area contributed by atoms with Crippen molar-refractivity contribution >= 4 is 13.8 Å². The van der Waals surface area contributed by atoms with E-state index >= 15 is 0 Å². The van der Waals surface area contributed by atoms with Crippen LogP contribution in [0.3, 0.4) is 0 Å². The quantitative estimate of drug-likeness (QED) is 0.294. The van der Waals surface area contributed by atoms with Crippen LogP contribution in [0.25, 0.3) is 0 Å². The highest BCUT2D eigenvalue weighted by molar-refractivity contribution is 7.45. The summed E-state index contributed by atoms with van der Waals surface area (Å²) in [7, 11) is -0.290. The first kappa shape index (κ1) is 22.8. The molecule has 26 heavy (non-hydrogen) atoms. The first-order valence-electron chi connectivity index (χ1n) is 8.86. The molecule has 1 rings (SSSR count). The molecule has 0 aliphatic rings. The molecular formula is C18H30NO6P. The fourth-order valence-electron chi connectivity index (χ4n) is 2.21. The topological polar surface area (TPSA) is 84.9 Å². The summed E-state index contributed by atoms with van der Waals surface area (Å²) < 4.78 is 26.8. The maximum absolute atomic E-state index is 11.8. The highest BCUT2D eigenvalue weighted by Gasteiger charge is 2.18. The van der Waals surface area contributed by atoms with Crippen molar-refractivity contribution in [2.45, 2.75) is 32.8 Å². The van der Waals surface area contributed by atoms with Crippen molar-refractivity contribution in [1.29, 1.82) is 0 Å². The zero-order valence-corrected chi connectivity index (χ0v) is 16.8. The van der Waals surface area contributed by atoms with Crippen molar-refractivity contribution in [3.63, 3.8) is 0 Å². The molecule has 0 radical (unpaired) electrons. The Kier molecular flexibility index (Phi) is 10.1. The molecule has 1 aromatic rings. The number of ether oxygens (including phenoxy) is 1. The highest BCUT2D eigenvalue weighted by atomic mass is 31.2. The lowest BCUT2D eigenvalue weighted by molar-refractivity contribution is -0.890. The van der Waals surface area contributed by atoms with Gasteiger partial charge in [-0.2, -0.15) is 0 Å². The van der Waals surface area contributed by atoms with Gasteiger partial charge >= 0.3 is 5.97 Å². The minimum Gasteiger partial charge on any atom is -0.756 e. The van der Waals surface area contributed by atoms with E-state index in [1.165, 1.54) is 0 Å². The van der Waals surface area contributed by atoms with Crippen LogP contribution >= 0.6 is 7.82 Å². The van der Waals surface area contributed by atoms with Crippen LogP contribution in [0.2, 0.25) is 0 Å². The zero-order chi connectivity index (χ0) is 19.5. The van der Waals surface area contributed by atoms with Crippen LogP contribution in [0, 0.1) is 0 Å². The van der Waals surface area contributed by atoms with Gasteiger partial charge in [0.1, 0.15) is 19.8 Å². The van der Waals surface area contributed by atoms with Crippen molar-refractivity contribution in [3.05, 3.63) is 35.9 Å². The number of phosphoric acid groups is 1. The predicted molar refractivity (Wildman–Crippen MR) is 97.1 cm³/mol. The Hall–Kier alpha value is -1.24. The fourth-order valence-corrected chi connectivity index (χ4v) is 3.00. The van der Waals surface area contributed by atoms with Gasteiger partial charge in [0.15, 0.2) is 0 Å². The van der Waals surface area contributed by atoms with Crippen LogP contribution < -0.4 is 4.89 Å². The second kappa shape index (κ2) is 11.5. The van der Waals surface area contributed by atoms with Gasteiger partial charge in [-0.3, -0.25) is 9.36 Å². The van der Waals surface area contributed by atoms with E-state index in [-0.39, 0.29) is 25.8 Å². The molecule has 1 unspecified atom stereocenters. The normalized spacial score (nSPS) is 14.0. The molecule has 0 amide bonds. The van der Waals surface area contributed by atoms with E-state index in [0.29, 0.717) is 36.8 Å². The molecule has 0 saturated carbocycles. The van der Waals surface area contributed by atoms with Crippen molar-refractivity contribution in [1.82, 2.24) is 0 Å². The fraction of sp³-hybridized carbons (Fsp3) is 0.611. The molecule has 0 aliphatic heterocycles. The van der Waals surface area contributed by atoms with Gasteiger partial charge < -0.3 is 23.2 Å². The smallest absolute Gasteiger partial charge is 0.306 e. The Labute approximate surface area is 156 Å². The van der Waals surface area contributed by atoms with E-state index in [1.54, 1.807) is 0 Å². The van der Waals surface area contributed by atoms with Crippen LogP contribution in [0.15, 0.2) is 30.3 Å². The SMILES string of the molecule is CCCOP(=O)([O-])OCC[N+](C)(C)CCCC(=O)OCc1ccccc1. The molecule has 0 N–H and O–H groups in total. The number of rotatable bonds is 13. The van der Waals surface area contributed by atoms with Gasteiger partial charge in [-0.25, -0.2) is 0 Å². The van der Waals surface area contributed by atoms with Crippen molar-refractivity contribution < 1.29 is 32.5 Å². The first-order chi connectivity index (χ1) is 12.2. The minimum absolute atomic E-state index is 0.0515. The van der Waals surface area contributed by atoms with Gasteiger partial charge in [-0.05, 0) is 12.0 Å². The van der Waals surface area contributed by atoms with E-state index in [0.717, 1.165) is 5.56 Å². The summed E-state index contributed by atoms with van der Waals surface area (Å²) in [5.41, 5.74) is 0.960. The van der Waals surface area contributed by atoms with E-state index in [4.69, 9.17) is 9.26 Å². The Morgan fingerprint density at radius 3 is 2.42 bits per heavy atom. The third kappa shape index (κ3) is 10.7. The van der Waals surface area contributed by atoms with Gasteiger partial charge in [-0.15, -0.1) is 0 Å². The number of carbonyl (C=O) groups excluding carboxylic acids is 1. The molecule has 1 aromatic carbocycles. The predicted octanol–water partition coefficient (Wildman–Crippen LogP) is 2.50. The van der Waals surface area contributed by atoms with Gasteiger partial charge in [0.25, 0.3) is 7.82 Å². The van der Waals surface area contributed by atoms with E-state index in [2.05, 4.69) is 4.52 Å². The second-order valence-corrected chi connectivity index (χ2v) is 8.16. The summed E-state index contributed by atoms with van der Waals surface area (Å²) in [5.74, 6) is -0.234. The molecule has 1 atom stereocenters. The van der Waals surface area contributed by atoms with Gasteiger partial charge in [0, 0.05) is 6.42 Å². The number of nitrogens with zero attached hydrogens (tertiary/aromatic N) is 1. The molecule has 0 bridgehead atoms. The molecule has 0 heterocycles. The monoisotopic (exact) mass is 387 g/mol. The number of benzene rings is 1. The summed E-state index contributed by atoms with van der Waals surface area (Å²) >= 11 is 0. The molecule has 0 fully saturated rings. The summed E-state index contributed by atoms with van der Waals surface area (Å²) in [6, 6.07) is 9.54. The Balaban J connectivity index is 2.19. The lowest BCUT2D eigenvalue weighted by atomic mass is 10.2. The highest BCUT2D eigenvalue weighted by Crippen LogP contribution is 2.38. The number of carbonyl (C=O) groups is 1. The third-order valence-corrected chi connectivity index (χ3v) is 4.78. The summed E-state index contributed by atoms with van der Waals surface area (Å²) in [6.07, 6.45) is 1.59. The standard InChI is InChI=1S/C18H30NO6P/c1-4-14-24-26(21,22)25-15-13-19(2,3)12-8-11-18(20)23-16-17-9-6-5-7-10-17/h5-7,9-10H,4,8,11-16H2,1-3H3. The molecular weight excluding hydrogens is 357 g/mol. The van der Waals surface area contributed by atoms with Crippen LogP contribution in [-0.4, -0.2) is 50.9 Å². The molecule has 0 spiro atoms. The zero-order valence-electron chi connectivity index (χ0n) is 15.9. The lowest BCUT2D eigenvalue weighted by Crippen LogP contribution is -2.43. The second-order valence-electron chi connectivity index (χ2n) is 6.75. The number of quaternary nitrogens is 1. The Morgan fingerprint density at radius 1 is 1.12 bits per heavy atom. The maximum Gasteiger partial charge on any atom is 0.306 e. The maximum atomic E-state index is 11.8. The van der Waals surface area contributed by atoms with Gasteiger partial charge in [-0.1, -0.05) is 37.3 Å². The summed E-state index contributed by atoms with van der Waals surface area (Å²) in [4.78, 5) is 23.3. The Bertz CT molecular complexity index is 578. The van der Waals surface area contributed by atoms with Crippen LogP contribution in [-0.2, 0) is 29.8 Å². The summed E-state index contributed by atoms with van der Waals surface area (Å²) in [6.45, 7) is 3.50. The van der Waals surface area contributed by atoms with Crippen molar-refractivity contribution in [2.75, 3.05) is 40.4 Å². The third-order valence-electron chi connectivity index (χ3n) is 3.79. The molecule has 0 aromatic heterocycles. The number of phosphoric ester groups is 1. The minimum atomic E-state index is -4.21. The van der Waals surface area contributed by atoms with Crippen molar-refractivity contribution in [2.24, 2.45) is 0 Å². The number of esters is 1. The van der Waals surface area contributed by atoms with Crippen LogP contribution in [0.4, 0.5) is 0 Å². The Morgan fingerprint density at radius 2 is 1.77 bits per heavy atom. The van der Waals surface area contributed by atoms with Crippen LogP contribution in [0.5, 0.6) is 0 Å². The van der Waals surface area contributed by atoms with Gasteiger partial charge in [0.05, 0.1) is 33.7 Å². The van der Waals surface area contributed by atoms with E-state index in [9.17, 15) is 14.3 Å². The van der Waals surface area contributed by atoms with Gasteiger partial charge in [0.2, 0.25) is 0 Å². The molecule has 8 heteroatoms. The first-order valence-corrected chi connectivity index (χ1v) is 10.3. The summed E-state index contributed by atoms with van der Waals surface area (Å²) in [5, 5.41) is 0. The number of hydrogen-bond donors (Lipinski definition) is 0. The molecule has 148 valence electrons. The van der Waals surface area contributed by atoms with Crippen molar-refractivity contribution in [3.8, 4) is 0 Å². The lowest BCUT2D eigenvalue weighted by Gasteiger charge is -2.31. The van der Waals surface area contributed by atoms with E-state index in [1.807, 2.05) is 51.4 Å². The van der Waals surface area contributed by atoms with Crippen LogP contribution in [0.1, 0.15) is 31.7 Å². The van der Waals surface area contributed by atoms with E-state index < -0.39 is 7.82 Å². The number of hydrogen-bond acceptors (Lipinski definition) is 6. The average Bonchev–Trinajstić information content (AvgIpc) is 2.58. The largest absolute Gasteiger partial charge is 0.756 e. The molecule has 0 aliphatic carbocycles. The molecule has 0 saturated heterocycles.